The van der Waals surface area contributed by atoms with Crippen molar-refractivity contribution in [2.75, 3.05) is 54.4 Å². The van der Waals surface area contributed by atoms with E-state index in [1.54, 1.807) is 0 Å². The molecule has 8 N–H and O–H groups in total. The number of hydrogen-bond donors (Lipinski definition) is 8. The highest BCUT2D eigenvalue weighted by Crippen LogP contribution is 2.53. The number of methoxy groups -OCH3 is 3. The van der Waals surface area contributed by atoms with Gasteiger partial charge in [0.15, 0.2) is 0 Å². The van der Waals surface area contributed by atoms with E-state index in [0.717, 1.165) is 138 Å². The van der Waals surface area contributed by atoms with Crippen LogP contribution in [0.3, 0.4) is 0 Å². The smallest absolute Gasteiger partial charge is 0.407 e. The summed E-state index contributed by atoms with van der Waals surface area (Å²) in [6.45, 7) is 16.5. The highest BCUT2D eigenvalue weighted by Gasteiger charge is 2.55. The molecule has 0 bridgehead atoms. The number of alkyl carbamates (subject to hydrolysis) is 4. The Balaban J connectivity index is 0.535. The second-order valence-corrected chi connectivity index (χ2v) is 37.6. The topological polar surface area (TPSA) is 386 Å². The molecule has 1 aliphatic carbocycles. The maximum atomic E-state index is 15.7. The number of carbonyl (C=O) groups excluding carboxylic acids is 8. The van der Waals surface area contributed by atoms with E-state index in [2.05, 4.69) is 129 Å². The number of likely N-dealkylation sites (tertiary alicyclic amines) is 4. The van der Waals surface area contributed by atoms with Crippen LogP contribution in [0.2, 0.25) is 0 Å². The lowest BCUT2D eigenvalue weighted by molar-refractivity contribution is -0.139. The van der Waals surface area contributed by atoms with Crippen LogP contribution in [-0.2, 0) is 60.8 Å². The van der Waals surface area contributed by atoms with Crippen molar-refractivity contribution < 1.29 is 76.3 Å². The quantitative estimate of drug-likeness (QED) is 0.0276. The van der Waals surface area contributed by atoms with Crippen molar-refractivity contribution in [1.82, 2.24) is 80.7 Å². The summed E-state index contributed by atoms with van der Waals surface area (Å²) in [4.78, 5) is 156. The zero-order valence-corrected chi connectivity index (χ0v) is 76.0. The highest BCUT2D eigenvalue weighted by atomic mass is 16.6. The molecule has 0 radical (unpaired) electrons. The van der Waals surface area contributed by atoms with Gasteiger partial charge in [0, 0.05) is 96.0 Å². The average molecular weight is 1790 g/mol. The van der Waals surface area contributed by atoms with E-state index < -0.39 is 60.6 Å². The third-order valence-electron chi connectivity index (χ3n) is 30.0. The number of imidazole rings is 4. The van der Waals surface area contributed by atoms with E-state index in [4.69, 9.17) is 57.8 Å². The Kier molecular flexibility index (Phi) is 24.7. The van der Waals surface area contributed by atoms with Gasteiger partial charge < -0.3 is 98.7 Å². The summed E-state index contributed by atoms with van der Waals surface area (Å²) in [5.41, 5.74) is 12.2. The van der Waals surface area contributed by atoms with Crippen molar-refractivity contribution in [3.63, 3.8) is 0 Å². The molecule has 19 rings (SSSR count). The molecule has 9 aliphatic rings. The third kappa shape index (κ3) is 16.5. The molecule has 6 saturated heterocycles. The SMILES string of the molecule is CCC(C)C(NC(=O)OC)C(=O)N1C(CC)CCC1c1nc(-c2ccc3c(c2)COc2cc4c(ccc5[nH]c(C6CCC(C)N6C(=O)C(NC(=O)OCC6CCC7C6CC(c6nc8c(ccc9cc%10c(cc98)OCc8cc(-c9c[nH]c(C%11CCC(CC)N%11C(=O)C(NC(=O)OC)C%11CCOCC%11)n9)ccc8-%10)[nH]6)N7C(=O)C(NC(=O)OC)C(C)C)C6CCOCC6)nc54)cc2-3)c[nH]1. The van der Waals surface area contributed by atoms with Crippen molar-refractivity contribution in [1.29, 1.82) is 0 Å². The van der Waals surface area contributed by atoms with Crippen LogP contribution in [0.25, 0.3) is 88.4 Å². The molecule has 10 aromatic rings. The van der Waals surface area contributed by atoms with Crippen LogP contribution in [0.1, 0.15) is 210 Å². The first-order chi connectivity index (χ1) is 63.6. The molecular formula is C99H118N16O16. The number of nitrogens with one attached hydrogen (secondary N) is 8. The van der Waals surface area contributed by atoms with E-state index >= 15 is 9.59 Å². The minimum absolute atomic E-state index is 0.00590. The molecule has 131 heavy (non-hydrogen) atoms. The molecule has 1 saturated carbocycles. The van der Waals surface area contributed by atoms with Crippen molar-refractivity contribution in [2.24, 2.45) is 35.5 Å². The molecule has 8 amide bonds. The molecule has 12 heterocycles. The van der Waals surface area contributed by atoms with E-state index in [1.165, 1.54) is 21.3 Å². The Hall–Kier alpha value is -12.3. The Morgan fingerprint density at radius 3 is 1.46 bits per heavy atom. The number of hydrogen-bond acceptors (Lipinski definition) is 20. The molecule has 690 valence electrons. The van der Waals surface area contributed by atoms with Crippen molar-refractivity contribution in [3.05, 3.63) is 132 Å². The number of H-pyrrole nitrogens is 4. The van der Waals surface area contributed by atoms with Crippen molar-refractivity contribution in [2.45, 2.75) is 237 Å². The van der Waals surface area contributed by atoms with Gasteiger partial charge in [-0.25, -0.2) is 39.1 Å². The largest absolute Gasteiger partial charge is 0.488 e. The molecule has 0 spiro atoms. The number of aromatic nitrogens is 8. The Morgan fingerprint density at radius 1 is 0.473 bits per heavy atom. The summed E-state index contributed by atoms with van der Waals surface area (Å²) in [6, 6.07) is 23.7. The number of ether oxygens (including phenoxy) is 8. The monoisotopic (exact) mass is 1790 g/mol. The van der Waals surface area contributed by atoms with Crippen molar-refractivity contribution in [3.8, 4) is 56.3 Å². The van der Waals surface area contributed by atoms with Crippen LogP contribution in [0.4, 0.5) is 19.2 Å². The summed E-state index contributed by atoms with van der Waals surface area (Å²) in [5, 5.41) is 15.3. The number of benzene rings is 6. The predicted molar refractivity (Wildman–Crippen MR) is 488 cm³/mol. The van der Waals surface area contributed by atoms with Crippen LogP contribution >= 0.6 is 0 Å². The fourth-order valence-electron chi connectivity index (χ4n) is 22.8. The van der Waals surface area contributed by atoms with E-state index in [9.17, 15) is 28.8 Å². The normalized spacial score (nSPS) is 23.6. The van der Waals surface area contributed by atoms with Gasteiger partial charge in [-0.05, 0) is 220 Å². The Bertz CT molecular complexity index is 6050. The van der Waals surface area contributed by atoms with Gasteiger partial charge in [0.2, 0.25) is 23.6 Å². The minimum Gasteiger partial charge on any atom is -0.488 e. The Labute approximate surface area is 759 Å². The van der Waals surface area contributed by atoms with Gasteiger partial charge in [-0.2, -0.15) is 0 Å². The van der Waals surface area contributed by atoms with E-state index in [-0.39, 0.29) is 102 Å². The molecule has 15 atom stereocenters. The molecular weight excluding hydrogens is 1670 g/mol. The average Bonchev–Trinajstić information content (AvgIpc) is 1.47. The number of amides is 8. The lowest BCUT2D eigenvalue weighted by Crippen LogP contribution is -2.54. The minimum atomic E-state index is -0.934. The summed E-state index contributed by atoms with van der Waals surface area (Å²) in [7, 11) is 3.89. The fourth-order valence-corrected chi connectivity index (χ4v) is 22.8. The first-order valence-corrected chi connectivity index (χ1v) is 47.1. The molecule has 15 unspecified atom stereocenters. The van der Waals surface area contributed by atoms with Gasteiger partial charge >= 0.3 is 24.4 Å². The second kappa shape index (κ2) is 36.8. The lowest BCUT2D eigenvalue weighted by Gasteiger charge is -2.36. The molecule has 6 aromatic carbocycles. The molecule has 8 aliphatic heterocycles. The van der Waals surface area contributed by atoms with Crippen LogP contribution in [-0.4, -0.2) is 210 Å². The summed E-state index contributed by atoms with van der Waals surface area (Å²) in [5.74, 6) is 2.19. The van der Waals surface area contributed by atoms with Crippen LogP contribution < -0.4 is 30.7 Å². The molecule has 4 aromatic heterocycles. The number of rotatable bonds is 23. The zero-order chi connectivity index (χ0) is 90.9. The van der Waals surface area contributed by atoms with E-state index in [1.807, 2.05) is 77.9 Å². The van der Waals surface area contributed by atoms with Gasteiger partial charge in [0.1, 0.15) is 72.2 Å². The van der Waals surface area contributed by atoms with Gasteiger partial charge in [-0.3, -0.25) is 19.2 Å². The predicted octanol–water partition coefficient (Wildman–Crippen LogP) is 15.8. The highest BCUT2D eigenvalue weighted by molar-refractivity contribution is 6.09. The van der Waals surface area contributed by atoms with E-state index in [0.29, 0.717) is 138 Å². The standard InChI is InChI=1S/C99H118N16O16/c1-11-51(6)83(109-97(121)125-9)93(117)113-62(12-2)20-28-76(113)88-100-45-73(104-88)57-15-22-64-60(38-57)48-129-80-43-67-55(40-69(64)80)17-24-71-86(67)106-90(102-71)78-26-14-52(7)112(78)94(118)84(53-30-34-127-35-31-53)111-99(123)131-47-59-19-27-75-66(59)42-79(115(75)92(116)82(50(4)5)108-96(120)124-8)91-103-72-25-18-56-41-70-65-23-16-58(39-61(65)49-130-81(70)44-68(56)87(72)107-91)74-46-101-89(105-74)77-29-21-63(13-3)114(77)95(119)85(110-98(122)126-10)54-32-36-128-37-33-54/h15-18,22-25,38-41,43-46,50-54,59,62-63,66,75-79,82-85H,11-14,19-21,26-37,42,47-49H2,1-10H3,(H,100,104)(H,101,105)(H,102,106)(H,103,107)(H,108,120)(H,109,121)(H,110,122)(H,111,123). The molecule has 32 heteroatoms. The lowest BCUT2D eigenvalue weighted by atomic mass is 9.90. The second-order valence-electron chi connectivity index (χ2n) is 37.6. The number of fused-ring (bicyclic) bond motifs is 13. The Morgan fingerprint density at radius 2 is 0.947 bits per heavy atom. The van der Waals surface area contributed by atoms with Crippen LogP contribution in [0.15, 0.2) is 97.3 Å². The fraction of sp³-hybridized carbons (Fsp3) is 0.515. The number of carbonyl (C=O) groups is 8. The first-order valence-electron chi connectivity index (χ1n) is 47.1. The first kappa shape index (κ1) is 88.0. The number of aromatic amines is 4. The van der Waals surface area contributed by atoms with Gasteiger partial charge in [-0.1, -0.05) is 84.4 Å². The van der Waals surface area contributed by atoms with Crippen LogP contribution in [0, 0.1) is 35.5 Å². The van der Waals surface area contributed by atoms with Crippen molar-refractivity contribution >= 4 is 91.6 Å². The van der Waals surface area contributed by atoms with Gasteiger partial charge in [-0.15, -0.1) is 0 Å². The molecule has 32 nitrogen and oxygen atoms in total. The maximum absolute atomic E-state index is 15.7. The summed E-state index contributed by atoms with van der Waals surface area (Å²) >= 11 is 0. The molecule has 7 fully saturated rings. The number of nitrogens with zero attached hydrogens (tertiary/aromatic N) is 8. The summed E-state index contributed by atoms with van der Waals surface area (Å²) < 4.78 is 46.1. The summed E-state index contributed by atoms with van der Waals surface area (Å²) in [6.07, 6.45) is 11.9. The zero-order valence-electron chi connectivity index (χ0n) is 76.0. The van der Waals surface area contributed by atoms with Gasteiger partial charge in [0.05, 0.1) is 85.6 Å². The third-order valence-corrected chi connectivity index (χ3v) is 30.0. The maximum Gasteiger partial charge on any atom is 0.407 e. The van der Waals surface area contributed by atoms with Crippen LogP contribution in [0.5, 0.6) is 11.5 Å². The van der Waals surface area contributed by atoms with Gasteiger partial charge in [0.25, 0.3) is 0 Å².